The van der Waals surface area contributed by atoms with Gasteiger partial charge >= 0.3 is 5.97 Å². The summed E-state index contributed by atoms with van der Waals surface area (Å²) in [5.74, 6) is -0.353. The number of hydrogen-bond acceptors (Lipinski definition) is 3. The van der Waals surface area contributed by atoms with Crippen molar-refractivity contribution in [3.8, 4) is 5.75 Å². The van der Waals surface area contributed by atoms with Crippen LogP contribution in [-0.4, -0.2) is 24.2 Å². The largest absolute Gasteiger partial charge is 0.497 e. The van der Waals surface area contributed by atoms with Gasteiger partial charge in [0.25, 0.3) is 0 Å². The number of methoxy groups -OCH3 is 1. The van der Waals surface area contributed by atoms with E-state index in [0.717, 1.165) is 12.8 Å². The fraction of sp³-hybridized carbons (Fsp3) is 0.500. The average molecular weight is 249 g/mol. The number of rotatable bonds is 4. The first-order valence-corrected chi connectivity index (χ1v) is 6.38. The second-order valence-corrected chi connectivity index (χ2v) is 4.70. The summed E-state index contributed by atoms with van der Waals surface area (Å²) in [5.41, 5.74) is 0.968. The SMILES string of the molecule is COc1ccc(NC2CCCCC2)c(C(=O)O)c1. The Morgan fingerprint density at radius 3 is 2.67 bits per heavy atom. The monoisotopic (exact) mass is 249 g/mol. The number of hydrogen-bond donors (Lipinski definition) is 2. The van der Waals surface area contributed by atoms with Crippen LogP contribution in [0.3, 0.4) is 0 Å². The second kappa shape index (κ2) is 5.76. The van der Waals surface area contributed by atoms with Crippen LogP contribution in [0, 0.1) is 0 Å². The molecule has 0 aromatic heterocycles. The molecule has 0 spiro atoms. The number of nitrogens with one attached hydrogen (secondary N) is 1. The van der Waals surface area contributed by atoms with Crippen molar-refractivity contribution in [1.82, 2.24) is 0 Å². The Labute approximate surface area is 107 Å². The fourth-order valence-electron chi connectivity index (χ4n) is 2.42. The van der Waals surface area contributed by atoms with Gasteiger partial charge < -0.3 is 15.2 Å². The number of benzene rings is 1. The molecule has 4 heteroatoms. The fourth-order valence-corrected chi connectivity index (χ4v) is 2.42. The minimum absolute atomic E-state index is 0.278. The van der Waals surface area contributed by atoms with Crippen molar-refractivity contribution in [2.24, 2.45) is 0 Å². The topological polar surface area (TPSA) is 58.6 Å². The standard InChI is InChI=1S/C14H19NO3/c1-18-11-7-8-13(12(9-11)14(16)17)15-10-5-3-2-4-6-10/h7-10,15H,2-6H2,1H3,(H,16,17). The van der Waals surface area contributed by atoms with E-state index in [1.54, 1.807) is 18.2 Å². The number of carbonyl (C=O) groups is 1. The van der Waals surface area contributed by atoms with Crippen molar-refractivity contribution in [2.75, 3.05) is 12.4 Å². The number of anilines is 1. The Morgan fingerprint density at radius 1 is 1.33 bits per heavy atom. The minimum Gasteiger partial charge on any atom is -0.497 e. The molecule has 0 radical (unpaired) electrons. The lowest BCUT2D eigenvalue weighted by Crippen LogP contribution is -2.23. The molecule has 0 atom stereocenters. The van der Waals surface area contributed by atoms with Crippen LogP contribution in [0.2, 0.25) is 0 Å². The number of carboxylic acids is 1. The summed E-state index contributed by atoms with van der Waals surface area (Å²) in [6.45, 7) is 0. The third kappa shape index (κ3) is 2.94. The molecule has 0 unspecified atom stereocenters. The summed E-state index contributed by atoms with van der Waals surface area (Å²) in [7, 11) is 1.54. The molecular formula is C14H19NO3. The van der Waals surface area contributed by atoms with Gasteiger partial charge in [-0.15, -0.1) is 0 Å². The van der Waals surface area contributed by atoms with Crippen LogP contribution in [0.1, 0.15) is 42.5 Å². The molecule has 0 saturated heterocycles. The highest BCUT2D eigenvalue weighted by molar-refractivity contribution is 5.94. The highest BCUT2D eigenvalue weighted by Crippen LogP contribution is 2.26. The van der Waals surface area contributed by atoms with Gasteiger partial charge in [-0.1, -0.05) is 19.3 Å². The highest BCUT2D eigenvalue weighted by Gasteiger charge is 2.17. The summed E-state index contributed by atoms with van der Waals surface area (Å²) < 4.78 is 5.06. The zero-order chi connectivity index (χ0) is 13.0. The van der Waals surface area contributed by atoms with E-state index in [1.165, 1.54) is 26.4 Å². The molecule has 4 nitrogen and oxygen atoms in total. The average Bonchev–Trinajstić information content (AvgIpc) is 2.40. The van der Waals surface area contributed by atoms with Crippen LogP contribution < -0.4 is 10.1 Å². The van der Waals surface area contributed by atoms with Crippen molar-refractivity contribution < 1.29 is 14.6 Å². The van der Waals surface area contributed by atoms with Crippen LogP contribution in [0.5, 0.6) is 5.75 Å². The highest BCUT2D eigenvalue weighted by atomic mass is 16.5. The van der Waals surface area contributed by atoms with Gasteiger partial charge in [0.1, 0.15) is 5.75 Å². The van der Waals surface area contributed by atoms with Crippen LogP contribution in [0.4, 0.5) is 5.69 Å². The predicted molar refractivity (Wildman–Crippen MR) is 70.4 cm³/mol. The van der Waals surface area contributed by atoms with Crippen LogP contribution >= 0.6 is 0 Å². The van der Waals surface area contributed by atoms with E-state index in [-0.39, 0.29) is 5.56 Å². The zero-order valence-electron chi connectivity index (χ0n) is 10.6. The lowest BCUT2D eigenvalue weighted by Gasteiger charge is -2.24. The Hall–Kier alpha value is -1.71. The smallest absolute Gasteiger partial charge is 0.337 e. The summed E-state index contributed by atoms with van der Waals surface area (Å²) in [6, 6.07) is 5.53. The van der Waals surface area contributed by atoms with Crippen molar-refractivity contribution in [3.63, 3.8) is 0 Å². The molecule has 2 N–H and O–H groups in total. The van der Waals surface area contributed by atoms with Gasteiger partial charge in [-0.05, 0) is 31.0 Å². The van der Waals surface area contributed by atoms with Crippen LogP contribution in [-0.2, 0) is 0 Å². The van der Waals surface area contributed by atoms with Crippen LogP contribution in [0.15, 0.2) is 18.2 Å². The van der Waals surface area contributed by atoms with E-state index in [4.69, 9.17) is 4.74 Å². The maximum Gasteiger partial charge on any atom is 0.337 e. The number of aromatic carboxylic acids is 1. The first-order valence-electron chi connectivity index (χ1n) is 6.38. The van der Waals surface area contributed by atoms with E-state index >= 15 is 0 Å². The molecular weight excluding hydrogens is 230 g/mol. The van der Waals surface area contributed by atoms with Gasteiger partial charge in [-0.25, -0.2) is 4.79 Å². The Bertz CT molecular complexity index is 425. The summed E-state index contributed by atoms with van der Waals surface area (Å²) in [4.78, 5) is 11.2. The molecule has 1 aliphatic rings. The van der Waals surface area contributed by atoms with Gasteiger partial charge in [0, 0.05) is 11.7 Å². The first kappa shape index (κ1) is 12.7. The first-order chi connectivity index (χ1) is 8.70. The molecule has 18 heavy (non-hydrogen) atoms. The lowest BCUT2D eigenvalue weighted by atomic mass is 9.95. The normalized spacial score (nSPS) is 16.3. The molecule has 1 aromatic carbocycles. The Kier molecular flexibility index (Phi) is 4.07. The third-order valence-corrected chi connectivity index (χ3v) is 3.42. The second-order valence-electron chi connectivity index (χ2n) is 4.70. The van der Waals surface area contributed by atoms with Crippen molar-refractivity contribution >= 4 is 11.7 Å². The van der Waals surface area contributed by atoms with E-state index in [9.17, 15) is 9.90 Å². The molecule has 1 aromatic rings. The predicted octanol–water partition coefficient (Wildman–Crippen LogP) is 3.14. The molecule has 2 rings (SSSR count). The molecule has 0 amide bonds. The van der Waals surface area contributed by atoms with E-state index in [0.29, 0.717) is 17.5 Å². The van der Waals surface area contributed by atoms with E-state index in [2.05, 4.69) is 5.32 Å². The maximum absolute atomic E-state index is 11.2. The Morgan fingerprint density at radius 2 is 2.06 bits per heavy atom. The molecule has 0 aliphatic heterocycles. The van der Waals surface area contributed by atoms with Gasteiger partial charge in [-0.2, -0.15) is 0 Å². The molecule has 1 aliphatic carbocycles. The van der Waals surface area contributed by atoms with Crippen molar-refractivity contribution in [3.05, 3.63) is 23.8 Å². The minimum atomic E-state index is -0.924. The molecule has 0 bridgehead atoms. The quantitative estimate of drug-likeness (QED) is 0.860. The zero-order valence-corrected chi connectivity index (χ0v) is 10.6. The van der Waals surface area contributed by atoms with Gasteiger partial charge in [-0.3, -0.25) is 0 Å². The number of ether oxygens (including phenoxy) is 1. The van der Waals surface area contributed by atoms with Gasteiger partial charge in [0.05, 0.1) is 12.7 Å². The Balaban J connectivity index is 2.17. The third-order valence-electron chi connectivity index (χ3n) is 3.42. The molecule has 98 valence electrons. The van der Waals surface area contributed by atoms with Gasteiger partial charge in [0.15, 0.2) is 0 Å². The van der Waals surface area contributed by atoms with Crippen LogP contribution in [0.25, 0.3) is 0 Å². The summed E-state index contributed by atoms with van der Waals surface area (Å²) in [5, 5.41) is 12.6. The lowest BCUT2D eigenvalue weighted by molar-refractivity contribution is 0.0697. The van der Waals surface area contributed by atoms with Crippen molar-refractivity contribution in [1.29, 1.82) is 0 Å². The maximum atomic E-state index is 11.2. The number of carboxylic acid groups (broad SMARTS) is 1. The molecule has 1 saturated carbocycles. The molecule has 1 fully saturated rings. The summed E-state index contributed by atoms with van der Waals surface area (Å²) in [6.07, 6.45) is 5.95. The summed E-state index contributed by atoms with van der Waals surface area (Å²) >= 11 is 0. The van der Waals surface area contributed by atoms with E-state index < -0.39 is 5.97 Å². The van der Waals surface area contributed by atoms with Gasteiger partial charge in [0.2, 0.25) is 0 Å². The molecule has 0 heterocycles. The van der Waals surface area contributed by atoms with Crippen molar-refractivity contribution in [2.45, 2.75) is 38.1 Å². The van der Waals surface area contributed by atoms with E-state index in [1.807, 2.05) is 0 Å².